The van der Waals surface area contributed by atoms with Crippen LogP contribution in [0.25, 0.3) is 10.9 Å². The van der Waals surface area contributed by atoms with E-state index in [2.05, 4.69) is 4.98 Å². The lowest BCUT2D eigenvalue weighted by Gasteiger charge is -2.06. The maximum atomic E-state index is 12.0. The topological polar surface area (TPSA) is 109 Å². The highest BCUT2D eigenvalue weighted by atomic mass is 32.2. The molecule has 0 radical (unpaired) electrons. The zero-order valence-electron chi connectivity index (χ0n) is 9.37. The third-order valence-electron chi connectivity index (χ3n) is 2.57. The number of nitrogens with zero attached hydrogens (tertiary/aromatic N) is 1. The number of benzene rings is 1. The average molecular weight is 270 g/mol. The minimum Gasteiger partial charge on any atom is -0.307 e. The first kappa shape index (κ1) is 12.5. The summed E-state index contributed by atoms with van der Waals surface area (Å²) >= 11 is 0. The zero-order valence-corrected chi connectivity index (χ0v) is 10.2. The van der Waals surface area contributed by atoms with Crippen molar-refractivity contribution in [2.24, 2.45) is 0 Å². The van der Waals surface area contributed by atoms with Gasteiger partial charge >= 0.3 is 5.69 Å². The lowest BCUT2D eigenvalue weighted by molar-refractivity contribution is 0.484. The lowest BCUT2D eigenvalue weighted by atomic mass is 10.2. The van der Waals surface area contributed by atoms with Crippen molar-refractivity contribution in [3.63, 3.8) is 0 Å². The van der Waals surface area contributed by atoms with Crippen molar-refractivity contribution in [1.82, 2.24) is 9.55 Å². The Hall–Kier alpha value is -1.93. The minimum absolute atomic E-state index is 0.0739. The van der Waals surface area contributed by atoms with E-state index in [-0.39, 0.29) is 17.4 Å². The predicted molar refractivity (Wildman–Crippen MR) is 64.3 cm³/mol. The van der Waals surface area contributed by atoms with Gasteiger partial charge in [-0.15, -0.1) is 0 Å². The molecule has 0 saturated heterocycles. The molecule has 2 N–H and O–H groups in total. The first-order valence-electron chi connectivity index (χ1n) is 5.09. The van der Waals surface area contributed by atoms with Crippen molar-refractivity contribution in [3.8, 4) is 0 Å². The highest BCUT2D eigenvalue weighted by Crippen LogP contribution is 2.16. The summed E-state index contributed by atoms with van der Waals surface area (Å²) in [6, 6.07) is 3.83. The molecule has 1 aromatic heterocycles. The Morgan fingerprint density at radius 1 is 1.33 bits per heavy atom. The molecular weight excluding hydrogens is 260 g/mol. The van der Waals surface area contributed by atoms with Crippen LogP contribution in [0.5, 0.6) is 0 Å². The molecule has 0 fully saturated rings. The summed E-state index contributed by atoms with van der Waals surface area (Å²) in [5.74, 6) is 0. The normalized spacial score (nSPS) is 11.9. The number of aromatic nitrogens is 2. The molecule has 0 amide bonds. The highest BCUT2D eigenvalue weighted by Gasteiger charge is 2.18. The molecule has 0 spiro atoms. The Morgan fingerprint density at radius 2 is 2.00 bits per heavy atom. The van der Waals surface area contributed by atoms with Gasteiger partial charge in [0.25, 0.3) is 15.7 Å². The summed E-state index contributed by atoms with van der Waals surface area (Å²) in [7, 11) is -4.53. The van der Waals surface area contributed by atoms with Gasteiger partial charge in [-0.25, -0.2) is 4.79 Å². The minimum atomic E-state index is -4.53. The Kier molecular flexibility index (Phi) is 2.83. The maximum Gasteiger partial charge on any atom is 0.328 e. The van der Waals surface area contributed by atoms with Crippen molar-refractivity contribution in [3.05, 3.63) is 39.0 Å². The van der Waals surface area contributed by atoms with Crippen molar-refractivity contribution < 1.29 is 13.0 Å². The fourth-order valence-electron chi connectivity index (χ4n) is 1.77. The standard InChI is InChI=1S/C10H10N2O5S/c1-2-12-9(13)8-6(11-10(12)14)4-3-5-7(8)18(15,16)17/h3-5H,2H2,1H3,(H,11,14)(H,15,16,17). The van der Waals surface area contributed by atoms with Gasteiger partial charge in [-0.3, -0.25) is 13.9 Å². The quantitative estimate of drug-likeness (QED) is 0.744. The number of aromatic amines is 1. The van der Waals surface area contributed by atoms with E-state index in [1.54, 1.807) is 6.92 Å². The Balaban J connectivity index is 3.12. The van der Waals surface area contributed by atoms with E-state index < -0.39 is 26.3 Å². The molecule has 7 nitrogen and oxygen atoms in total. The van der Waals surface area contributed by atoms with Crippen molar-refractivity contribution in [2.75, 3.05) is 0 Å². The van der Waals surface area contributed by atoms with E-state index in [4.69, 9.17) is 4.55 Å². The molecule has 0 aliphatic heterocycles. The smallest absolute Gasteiger partial charge is 0.307 e. The third kappa shape index (κ3) is 1.85. The van der Waals surface area contributed by atoms with Crippen LogP contribution < -0.4 is 11.2 Å². The van der Waals surface area contributed by atoms with Gasteiger partial charge in [-0.1, -0.05) is 6.07 Å². The summed E-state index contributed by atoms with van der Waals surface area (Å²) in [4.78, 5) is 25.4. The SMILES string of the molecule is CCn1c(=O)[nH]c2cccc(S(=O)(=O)O)c2c1=O. The maximum absolute atomic E-state index is 12.0. The number of rotatable bonds is 2. The summed E-state index contributed by atoms with van der Waals surface area (Å²) in [6.07, 6.45) is 0. The number of nitrogens with one attached hydrogen (secondary N) is 1. The fourth-order valence-corrected chi connectivity index (χ4v) is 2.47. The van der Waals surface area contributed by atoms with Crippen molar-refractivity contribution >= 4 is 21.0 Å². The van der Waals surface area contributed by atoms with Crippen LogP contribution >= 0.6 is 0 Å². The fraction of sp³-hybridized carbons (Fsp3) is 0.200. The molecule has 0 aliphatic carbocycles. The molecule has 96 valence electrons. The van der Waals surface area contributed by atoms with E-state index in [1.807, 2.05) is 0 Å². The van der Waals surface area contributed by atoms with Gasteiger partial charge in [0.05, 0.1) is 10.9 Å². The van der Waals surface area contributed by atoms with Crippen molar-refractivity contribution in [2.45, 2.75) is 18.4 Å². The van der Waals surface area contributed by atoms with Crippen LogP contribution in [0, 0.1) is 0 Å². The Labute approximate surface area is 101 Å². The molecule has 18 heavy (non-hydrogen) atoms. The molecule has 2 aromatic rings. The molecule has 0 bridgehead atoms. The second-order valence-corrected chi connectivity index (χ2v) is 5.02. The third-order valence-corrected chi connectivity index (χ3v) is 3.46. The molecule has 0 unspecified atom stereocenters. The largest absolute Gasteiger partial charge is 0.328 e. The van der Waals surface area contributed by atoms with Gasteiger partial charge in [-0.2, -0.15) is 8.42 Å². The van der Waals surface area contributed by atoms with E-state index in [9.17, 15) is 18.0 Å². The van der Waals surface area contributed by atoms with Gasteiger partial charge in [0.1, 0.15) is 4.90 Å². The number of fused-ring (bicyclic) bond motifs is 1. The molecule has 0 saturated carbocycles. The molecular formula is C10H10N2O5S. The van der Waals surface area contributed by atoms with Crippen LogP contribution in [-0.4, -0.2) is 22.5 Å². The number of hydrogen-bond donors (Lipinski definition) is 2. The first-order valence-corrected chi connectivity index (χ1v) is 6.53. The van der Waals surface area contributed by atoms with Crippen LogP contribution in [-0.2, 0) is 16.7 Å². The number of hydrogen-bond acceptors (Lipinski definition) is 4. The van der Waals surface area contributed by atoms with Crippen LogP contribution in [0.15, 0.2) is 32.7 Å². The molecule has 1 aromatic carbocycles. The lowest BCUT2D eigenvalue weighted by Crippen LogP contribution is -2.35. The molecule has 8 heteroatoms. The molecule has 1 heterocycles. The van der Waals surface area contributed by atoms with Crippen LogP contribution in [0.3, 0.4) is 0 Å². The van der Waals surface area contributed by atoms with Gasteiger partial charge in [0.2, 0.25) is 0 Å². The van der Waals surface area contributed by atoms with Crippen molar-refractivity contribution in [1.29, 1.82) is 0 Å². The van der Waals surface area contributed by atoms with E-state index >= 15 is 0 Å². The van der Waals surface area contributed by atoms with E-state index in [1.165, 1.54) is 12.1 Å². The second-order valence-electron chi connectivity index (χ2n) is 3.63. The molecule has 0 atom stereocenters. The summed E-state index contributed by atoms with van der Waals surface area (Å²) in [6.45, 7) is 1.68. The second kappa shape index (κ2) is 4.07. The monoisotopic (exact) mass is 270 g/mol. The van der Waals surface area contributed by atoms with Gasteiger partial charge in [0.15, 0.2) is 0 Å². The van der Waals surface area contributed by atoms with E-state index in [0.717, 1.165) is 10.6 Å². The zero-order chi connectivity index (χ0) is 13.5. The van der Waals surface area contributed by atoms with Crippen LogP contribution in [0.2, 0.25) is 0 Å². The van der Waals surface area contributed by atoms with E-state index in [0.29, 0.717) is 0 Å². The van der Waals surface area contributed by atoms with Gasteiger partial charge in [0, 0.05) is 6.54 Å². The van der Waals surface area contributed by atoms with Gasteiger partial charge in [-0.05, 0) is 19.1 Å². The van der Waals surface area contributed by atoms with Crippen LogP contribution in [0.1, 0.15) is 6.92 Å². The first-order chi connectivity index (χ1) is 8.36. The van der Waals surface area contributed by atoms with Gasteiger partial charge < -0.3 is 4.98 Å². The Morgan fingerprint density at radius 3 is 2.56 bits per heavy atom. The molecule has 0 aliphatic rings. The number of H-pyrrole nitrogens is 1. The summed E-state index contributed by atoms with van der Waals surface area (Å²) < 4.78 is 32.3. The summed E-state index contributed by atoms with van der Waals surface area (Å²) in [5, 5.41) is -0.221. The van der Waals surface area contributed by atoms with Crippen LogP contribution in [0.4, 0.5) is 0 Å². The Bertz CT molecular complexity index is 831. The molecule has 2 rings (SSSR count). The predicted octanol–water partition coefficient (Wildman–Crippen LogP) is -0.0436. The highest BCUT2D eigenvalue weighted by molar-refractivity contribution is 7.86. The summed E-state index contributed by atoms with van der Waals surface area (Å²) in [5.41, 5.74) is -1.29. The average Bonchev–Trinajstić information content (AvgIpc) is 2.27.